The summed E-state index contributed by atoms with van der Waals surface area (Å²) in [4.78, 5) is 27.7. The molecule has 202 valence electrons. The van der Waals surface area contributed by atoms with E-state index >= 15 is 0 Å². The minimum Gasteiger partial charge on any atom is -0.495 e. The molecule has 0 unspecified atom stereocenters. The minimum atomic E-state index is -4.19. The maximum atomic E-state index is 13.8. The Morgan fingerprint density at radius 1 is 1.08 bits per heavy atom. The van der Waals surface area contributed by atoms with Crippen LogP contribution in [0.15, 0.2) is 76.1 Å². The average molecular weight is 623 g/mol. The maximum Gasteiger partial charge on any atom is 0.264 e. The van der Waals surface area contributed by atoms with Crippen LogP contribution < -0.4 is 14.4 Å². The number of ether oxygens (including phenoxy) is 1. The fourth-order valence-electron chi connectivity index (χ4n) is 3.80. The van der Waals surface area contributed by atoms with Crippen LogP contribution in [0.3, 0.4) is 0 Å². The van der Waals surface area contributed by atoms with E-state index in [2.05, 4.69) is 21.2 Å². The Hall–Kier alpha value is -3.08. The van der Waals surface area contributed by atoms with Crippen molar-refractivity contribution < 1.29 is 22.7 Å². The second kappa shape index (κ2) is 12.6. The van der Waals surface area contributed by atoms with Crippen molar-refractivity contribution in [1.29, 1.82) is 0 Å². The summed E-state index contributed by atoms with van der Waals surface area (Å²) < 4.78 is 34.7. The SMILES string of the molecule is CNC(=O)[C@H](C)N(Cc1cccc(Br)c1)C(=O)CN(c1ccc(OC)c(Cl)c1)S(=O)(=O)c1ccc(C)cc1. The highest BCUT2D eigenvalue weighted by atomic mass is 79.9. The Balaban J connectivity index is 2.07. The zero-order valence-electron chi connectivity index (χ0n) is 21.4. The monoisotopic (exact) mass is 621 g/mol. The Morgan fingerprint density at radius 2 is 1.76 bits per heavy atom. The summed E-state index contributed by atoms with van der Waals surface area (Å²) in [5.41, 5.74) is 1.84. The summed E-state index contributed by atoms with van der Waals surface area (Å²) in [6, 6.07) is 17.3. The van der Waals surface area contributed by atoms with Crippen molar-refractivity contribution in [1.82, 2.24) is 10.2 Å². The van der Waals surface area contributed by atoms with E-state index in [0.717, 1.165) is 19.9 Å². The van der Waals surface area contributed by atoms with Crippen molar-refractivity contribution in [3.63, 3.8) is 0 Å². The molecule has 0 saturated heterocycles. The van der Waals surface area contributed by atoms with Crippen LogP contribution in [-0.4, -0.2) is 51.9 Å². The number of aryl methyl sites for hydroxylation is 1. The van der Waals surface area contributed by atoms with Gasteiger partial charge in [-0.15, -0.1) is 0 Å². The van der Waals surface area contributed by atoms with E-state index < -0.39 is 28.5 Å². The van der Waals surface area contributed by atoms with Gasteiger partial charge >= 0.3 is 0 Å². The average Bonchev–Trinajstić information content (AvgIpc) is 2.89. The zero-order chi connectivity index (χ0) is 28.0. The second-order valence-corrected chi connectivity index (χ2v) is 11.8. The van der Waals surface area contributed by atoms with Gasteiger partial charge in [0.25, 0.3) is 10.0 Å². The van der Waals surface area contributed by atoms with Crippen LogP contribution in [0.4, 0.5) is 5.69 Å². The van der Waals surface area contributed by atoms with Crippen LogP contribution in [0, 0.1) is 6.92 Å². The highest BCUT2D eigenvalue weighted by Gasteiger charge is 2.32. The molecule has 0 aromatic heterocycles. The number of hydrogen-bond donors (Lipinski definition) is 1. The molecule has 3 rings (SSSR count). The Bertz CT molecular complexity index is 1420. The molecule has 0 aliphatic carbocycles. The third-order valence-electron chi connectivity index (χ3n) is 5.97. The number of carbonyl (C=O) groups excluding carboxylic acids is 2. The van der Waals surface area contributed by atoms with Gasteiger partial charge in [0.05, 0.1) is 22.7 Å². The van der Waals surface area contributed by atoms with E-state index in [4.69, 9.17) is 16.3 Å². The van der Waals surface area contributed by atoms with Crippen LogP contribution in [0.2, 0.25) is 5.02 Å². The second-order valence-electron chi connectivity index (χ2n) is 8.59. The molecule has 3 aromatic rings. The molecule has 2 amide bonds. The van der Waals surface area contributed by atoms with Gasteiger partial charge in [-0.25, -0.2) is 8.42 Å². The number of nitrogens with one attached hydrogen (secondary N) is 1. The van der Waals surface area contributed by atoms with Crippen LogP contribution in [0.5, 0.6) is 5.75 Å². The van der Waals surface area contributed by atoms with E-state index in [-0.39, 0.29) is 28.1 Å². The predicted molar refractivity (Wildman–Crippen MR) is 152 cm³/mol. The highest BCUT2D eigenvalue weighted by molar-refractivity contribution is 9.10. The predicted octanol–water partition coefficient (Wildman–Crippen LogP) is 4.78. The molecule has 11 heteroatoms. The molecule has 8 nitrogen and oxygen atoms in total. The van der Waals surface area contributed by atoms with Crippen molar-refractivity contribution in [2.24, 2.45) is 0 Å². The maximum absolute atomic E-state index is 13.8. The van der Waals surface area contributed by atoms with Crippen molar-refractivity contribution in [3.05, 3.63) is 87.4 Å². The van der Waals surface area contributed by atoms with E-state index in [1.807, 2.05) is 31.2 Å². The molecule has 0 saturated carbocycles. The molecular weight excluding hydrogens is 594 g/mol. The van der Waals surface area contributed by atoms with Gasteiger partial charge in [-0.2, -0.15) is 0 Å². The minimum absolute atomic E-state index is 0.0146. The van der Waals surface area contributed by atoms with Crippen molar-refractivity contribution in [2.75, 3.05) is 25.0 Å². The zero-order valence-corrected chi connectivity index (χ0v) is 24.6. The van der Waals surface area contributed by atoms with Crippen molar-refractivity contribution in [3.8, 4) is 5.75 Å². The molecule has 3 aromatic carbocycles. The molecule has 0 heterocycles. The first-order chi connectivity index (χ1) is 18.0. The summed E-state index contributed by atoms with van der Waals surface area (Å²) in [5.74, 6) is -0.587. The van der Waals surface area contributed by atoms with E-state index in [0.29, 0.717) is 5.75 Å². The molecule has 1 N–H and O–H groups in total. The van der Waals surface area contributed by atoms with Gasteiger partial charge in [0.1, 0.15) is 18.3 Å². The Morgan fingerprint density at radius 3 is 2.34 bits per heavy atom. The molecule has 0 bridgehead atoms. The third-order valence-corrected chi connectivity index (χ3v) is 8.54. The normalized spacial score (nSPS) is 11.9. The molecule has 38 heavy (non-hydrogen) atoms. The molecule has 0 spiro atoms. The van der Waals surface area contributed by atoms with E-state index in [1.165, 1.54) is 49.4 Å². The van der Waals surface area contributed by atoms with Crippen molar-refractivity contribution in [2.45, 2.75) is 31.3 Å². The van der Waals surface area contributed by atoms with Crippen LogP contribution in [0.25, 0.3) is 0 Å². The lowest BCUT2D eigenvalue weighted by molar-refractivity contribution is -0.139. The van der Waals surface area contributed by atoms with Gasteiger partial charge in [-0.05, 0) is 61.9 Å². The number of anilines is 1. The number of methoxy groups -OCH3 is 1. The fourth-order valence-corrected chi connectivity index (χ4v) is 5.90. The lowest BCUT2D eigenvalue weighted by Gasteiger charge is -2.32. The Kier molecular flexibility index (Phi) is 9.81. The smallest absolute Gasteiger partial charge is 0.264 e. The highest BCUT2D eigenvalue weighted by Crippen LogP contribution is 2.32. The number of amides is 2. The Labute approximate surface area is 236 Å². The number of carbonyl (C=O) groups is 2. The number of hydrogen-bond acceptors (Lipinski definition) is 5. The van der Waals surface area contributed by atoms with Gasteiger partial charge in [-0.1, -0.05) is 57.4 Å². The van der Waals surface area contributed by atoms with Gasteiger partial charge in [-0.3, -0.25) is 13.9 Å². The topological polar surface area (TPSA) is 96.0 Å². The lowest BCUT2D eigenvalue weighted by atomic mass is 10.1. The fraction of sp³-hybridized carbons (Fsp3) is 0.259. The van der Waals surface area contributed by atoms with Crippen LogP contribution >= 0.6 is 27.5 Å². The number of halogens is 2. The van der Waals surface area contributed by atoms with Gasteiger partial charge in [0, 0.05) is 18.1 Å². The third kappa shape index (κ3) is 6.86. The first kappa shape index (κ1) is 29.5. The number of nitrogens with zero attached hydrogens (tertiary/aromatic N) is 2. The van der Waals surface area contributed by atoms with Crippen LogP contribution in [0.1, 0.15) is 18.1 Å². The first-order valence-electron chi connectivity index (χ1n) is 11.7. The molecule has 0 radical (unpaired) electrons. The summed E-state index contributed by atoms with van der Waals surface area (Å²) in [7, 11) is -1.26. The van der Waals surface area contributed by atoms with Crippen LogP contribution in [-0.2, 0) is 26.2 Å². The van der Waals surface area contributed by atoms with Gasteiger partial charge in [0.15, 0.2) is 0 Å². The van der Waals surface area contributed by atoms with Crippen molar-refractivity contribution >= 4 is 55.1 Å². The summed E-state index contributed by atoms with van der Waals surface area (Å²) in [5, 5.41) is 2.74. The molecule has 0 aliphatic rings. The molecular formula is C27H29BrClN3O5S. The number of rotatable bonds is 10. The van der Waals surface area contributed by atoms with E-state index in [9.17, 15) is 18.0 Å². The quantitative estimate of drug-likeness (QED) is 0.351. The van der Waals surface area contributed by atoms with E-state index in [1.54, 1.807) is 19.1 Å². The number of sulfonamides is 1. The molecule has 1 atom stereocenters. The molecule has 0 aliphatic heterocycles. The largest absolute Gasteiger partial charge is 0.495 e. The molecule has 0 fully saturated rings. The van der Waals surface area contributed by atoms with Gasteiger partial charge in [0.2, 0.25) is 11.8 Å². The number of benzene rings is 3. The summed E-state index contributed by atoms with van der Waals surface area (Å²) >= 11 is 9.75. The lowest BCUT2D eigenvalue weighted by Crippen LogP contribution is -2.50. The van der Waals surface area contributed by atoms with Gasteiger partial charge < -0.3 is 15.0 Å². The standard InChI is InChI=1S/C27H29BrClN3O5S/c1-18-8-11-23(12-9-18)38(35,36)32(22-10-13-25(37-4)24(29)15-22)17-26(33)31(19(2)27(34)30-3)16-20-6-5-7-21(28)14-20/h5-15,19H,16-17H2,1-4H3,(H,30,34)/t19-/m0/s1. The summed E-state index contributed by atoms with van der Waals surface area (Å²) in [6.07, 6.45) is 0. The summed E-state index contributed by atoms with van der Waals surface area (Å²) in [6.45, 7) is 2.97. The first-order valence-corrected chi connectivity index (χ1v) is 14.3. The number of likely N-dealkylation sites (N-methyl/N-ethyl adjacent to an activating group) is 1.